The quantitative estimate of drug-likeness (QED) is 0.687. The van der Waals surface area contributed by atoms with Crippen LogP contribution in [0.4, 0.5) is 5.82 Å². The van der Waals surface area contributed by atoms with Crippen LogP contribution in [0.5, 0.6) is 0 Å². The molecule has 0 spiro atoms. The van der Waals surface area contributed by atoms with Crippen molar-refractivity contribution in [2.75, 3.05) is 5.32 Å². The summed E-state index contributed by atoms with van der Waals surface area (Å²) in [6.07, 6.45) is 1.44. The van der Waals surface area contributed by atoms with Crippen molar-refractivity contribution in [3.8, 4) is 0 Å². The van der Waals surface area contributed by atoms with Gasteiger partial charge in [-0.3, -0.25) is 14.6 Å². The molecule has 2 aromatic rings. The minimum absolute atomic E-state index is 0.101. The molecule has 2 rings (SSSR count). The van der Waals surface area contributed by atoms with Gasteiger partial charge in [0.05, 0.1) is 6.42 Å². The number of pyridine rings is 1. The van der Waals surface area contributed by atoms with E-state index in [2.05, 4.69) is 15.3 Å². The molecule has 2 heterocycles. The highest BCUT2D eigenvalue weighted by atomic mass is 16.2. The number of hydrogen-bond donors (Lipinski definition) is 3. The third-order valence-corrected chi connectivity index (χ3v) is 2.10. The smallest absolute Gasteiger partial charge is 0.311 e. The van der Waals surface area contributed by atoms with E-state index >= 15 is 0 Å². The fourth-order valence-corrected chi connectivity index (χ4v) is 1.41. The van der Waals surface area contributed by atoms with E-state index in [1.165, 1.54) is 6.07 Å². The number of hydrogen-bond acceptors (Lipinski definition) is 4. The fraction of sp³-hybridized carbons (Fsp3) is 0.0909. The Kier molecular flexibility index (Phi) is 3.33. The van der Waals surface area contributed by atoms with E-state index in [1.807, 2.05) is 4.98 Å². The molecule has 0 unspecified atom stereocenters. The summed E-state index contributed by atoms with van der Waals surface area (Å²) in [6, 6.07) is 6.26. The summed E-state index contributed by atoms with van der Waals surface area (Å²) in [5.74, 6) is 0.0460. The van der Waals surface area contributed by atoms with Crippen molar-refractivity contribution in [2.24, 2.45) is 0 Å². The molecular formula is C11H10N4O3. The van der Waals surface area contributed by atoms with Gasteiger partial charge in [0.2, 0.25) is 5.91 Å². The van der Waals surface area contributed by atoms with Crippen molar-refractivity contribution in [3.63, 3.8) is 0 Å². The first-order valence-electron chi connectivity index (χ1n) is 5.17. The molecule has 7 heteroatoms. The van der Waals surface area contributed by atoms with Gasteiger partial charge < -0.3 is 10.3 Å². The predicted molar refractivity (Wildman–Crippen MR) is 64.3 cm³/mol. The van der Waals surface area contributed by atoms with Gasteiger partial charge in [-0.2, -0.15) is 0 Å². The Bertz CT molecular complexity index is 631. The summed E-state index contributed by atoms with van der Waals surface area (Å²) in [5, 5.41) is 2.54. The molecule has 18 heavy (non-hydrogen) atoms. The molecule has 0 aromatic carbocycles. The van der Waals surface area contributed by atoms with Crippen molar-refractivity contribution < 1.29 is 4.79 Å². The van der Waals surface area contributed by atoms with Crippen LogP contribution in [0.15, 0.2) is 40.1 Å². The summed E-state index contributed by atoms with van der Waals surface area (Å²) in [4.78, 5) is 42.0. The van der Waals surface area contributed by atoms with E-state index in [9.17, 15) is 14.4 Å². The van der Waals surface area contributed by atoms with E-state index in [1.54, 1.807) is 24.4 Å². The number of carbonyl (C=O) groups is 1. The van der Waals surface area contributed by atoms with Crippen LogP contribution in [0, 0.1) is 0 Å². The maximum Gasteiger partial charge on any atom is 0.325 e. The average Bonchev–Trinajstić information content (AvgIpc) is 2.28. The minimum atomic E-state index is -0.636. The van der Waals surface area contributed by atoms with Crippen LogP contribution < -0.4 is 16.6 Å². The summed E-state index contributed by atoms with van der Waals surface area (Å²) in [6.45, 7) is 0. The second-order valence-corrected chi connectivity index (χ2v) is 3.55. The lowest BCUT2D eigenvalue weighted by molar-refractivity contribution is -0.115. The monoisotopic (exact) mass is 246 g/mol. The zero-order chi connectivity index (χ0) is 13.0. The number of aromatic nitrogens is 3. The number of aromatic amines is 2. The summed E-state index contributed by atoms with van der Waals surface area (Å²) < 4.78 is 0. The number of nitrogens with zero attached hydrogens (tertiary/aromatic N) is 1. The third kappa shape index (κ3) is 3.14. The van der Waals surface area contributed by atoms with E-state index in [4.69, 9.17) is 0 Å². The van der Waals surface area contributed by atoms with Gasteiger partial charge in [0.1, 0.15) is 5.82 Å². The van der Waals surface area contributed by atoms with Crippen molar-refractivity contribution in [2.45, 2.75) is 6.42 Å². The number of rotatable bonds is 3. The summed E-state index contributed by atoms with van der Waals surface area (Å²) in [7, 11) is 0. The Morgan fingerprint density at radius 3 is 2.78 bits per heavy atom. The van der Waals surface area contributed by atoms with Crippen molar-refractivity contribution >= 4 is 11.7 Å². The molecule has 0 radical (unpaired) electrons. The Balaban J connectivity index is 2.08. The second kappa shape index (κ2) is 5.09. The highest BCUT2D eigenvalue weighted by Gasteiger charge is 2.06. The maximum atomic E-state index is 11.6. The molecule has 2 aromatic heterocycles. The van der Waals surface area contributed by atoms with Crippen molar-refractivity contribution in [1.29, 1.82) is 0 Å². The molecular weight excluding hydrogens is 236 g/mol. The first-order valence-corrected chi connectivity index (χ1v) is 5.17. The average molecular weight is 246 g/mol. The Labute approximate surface area is 101 Å². The van der Waals surface area contributed by atoms with Gasteiger partial charge in [-0.05, 0) is 12.1 Å². The van der Waals surface area contributed by atoms with Crippen LogP contribution in [0.25, 0.3) is 0 Å². The number of carbonyl (C=O) groups excluding carboxylic acids is 1. The molecule has 92 valence electrons. The van der Waals surface area contributed by atoms with Gasteiger partial charge in [0.25, 0.3) is 5.56 Å². The summed E-state index contributed by atoms with van der Waals surface area (Å²) in [5.41, 5.74) is -0.931. The molecule has 3 N–H and O–H groups in total. The van der Waals surface area contributed by atoms with E-state index in [0.717, 1.165) is 0 Å². The molecule has 7 nitrogen and oxygen atoms in total. The van der Waals surface area contributed by atoms with Crippen molar-refractivity contribution in [1.82, 2.24) is 15.0 Å². The Morgan fingerprint density at radius 2 is 2.11 bits per heavy atom. The van der Waals surface area contributed by atoms with Crippen LogP contribution in [0.2, 0.25) is 0 Å². The fourth-order valence-electron chi connectivity index (χ4n) is 1.41. The predicted octanol–water partition coefficient (Wildman–Crippen LogP) is -0.361. The first-order chi connectivity index (χ1) is 8.63. The van der Waals surface area contributed by atoms with Crippen molar-refractivity contribution in [3.05, 3.63) is 57.0 Å². The standard InChI is InChI=1S/C11H10N4O3/c16-9(14-8-3-1-2-4-12-8)5-7-6-10(17)15-11(18)13-7/h1-4,6H,5H2,(H,12,14,16)(H2,13,15,17,18). The number of anilines is 1. The Morgan fingerprint density at radius 1 is 1.28 bits per heavy atom. The van der Waals surface area contributed by atoms with Crippen LogP contribution in [-0.4, -0.2) is 20.9 Å². The van der Waals surface area contributed by atoms with Crippen LogP contribution in [0.1, 0.15) is 5.69 Å². The second-order valence-electron chi connectivity index (χ2n) is 3.55. The molecule has 0 aliphatic rings. The lowest BCUT2D eigenvalue weighted by atomic mass is 10.3. The topological polar surface area (TPSA) is 108 Å². The molecule has 0 aliphatic carbocycles. The lowest BCUT2D eigenvalue weighted by Crippen LogP contribution is -2.25. The highest BCUT2D eigenvalue weighted by molar-refractivity contribution is 5.91. The zero-order valence-electron chi connectivity index (χ0n) is 9.27. The molecule has 0 saturated heterocycles. The van der Waals surface area contributed by atoms with Gasteiger partial charge in [0, 0.05) is 18.0 Å². The zero-order valence-corrected chi connectivity index (χ0v) is 9.27. The van der Waals surface area contributed by atoms with E-state index in [0.29, 0.717) is 5.82 Å². The SMILES string of the molecule is O=C(Cc1cc(=O)[nH]c(=O)[nH]1)Nc1ccccn1. The molecule has 0 fully saturated rings. The molecule has 0 aliphatic heterocycles. The van der Waals surface area contributed by atoms with Gasteiger partial charge in [0.15, 0.2) is 0 Å². The highest BCUT2D eigenvalue weighted by Crippen LogP contribution is 2.00. The van der Waals surface area contributed by atoms with Crippen LogP contribution in [0.3, 0.4) is 0 Å². The van der Waals surface area contributed by atoms with E-state index < -0.39 is 11.2 Å². The molecule has 0 bridgehead atoms. The molecule has 0 saturated carbocycles. The first kappa shape index (κ1) is 11.8. The molecule has 1 amide bonds. The van der Waals surface area contributed by atoms with Gasteiger partial charge in [-0.15, -0.1) is 0 Å². The minimum Gasteiger partial charge on any atom is -0.311 e. The number of nitrogens with one attached hydrogen (secondary N) is 3. The third-order valence-electron chi connectivity index (χ3n) is 2.10. The Hall–Kier alpha value is -2.70. The van der Waals surface area contributed by atoms with Gasteiger partial charge >= 0.3 is 5.69 Å². The number of H-pyrrole nitrogens is 2. The van der Waals surface area contributed by atoms with Gasteiger partial charge in [-0.25, -0.2) is 9.78 Å². The molecule has 0 atom stereocenters. The largest absolute Gasteiger partial charge is 0.325 e. The normalized spacial score (nSPS) is 10.0. The van der Waals surface area contributed by atoms with Gasteiger partial charge in [-0.1, -0.05) is 6.07 Å². The maximum absolute atomic E-state index is 11.6. The summed E-state index contributed by atoms with van der Waals surface area (Å²) >= 11 is 0. The van der Waals surface area contributed by atoms with Crippen LogP contribution in [-0.2, 0) is 11.2 Å². The lowest BCUT2D eigenvalue weighted by Gasteiger charge is -2.03. The van der Waals surface area contributed by atoms with E-state index in [-0.39, 0.29) is 18.0 Å². The van der Waals surface area contributed by atoms with Crippen LogP contribution >= 0.6 is 0 Å². The number of amides is 1.